The van der Waals surface area contributed by atoms with E-state index in [1.165, 1.54) is 18.7 Å². The van der Waals surface area contributed by atoms with Crippen LogP contribution < -0.4 is 15.5 Å². The zero-order valence-corrected chi connectivity index (χ0v) is 20.1. The Morgan fingerprint density at radius 1 is 1.10 bits per heavy atom. The van der Waals surface area contributed by atoms with Crippen LogP contribution in [0.3, 0.4) is 0 Å². The van der Waals surface area contributed by atoms with Crippen LogP contribution in [0.25, 0.3) is 0 Å². The molecule has 0 bridgehead atoms. The second-order valence-corrected chi connectivity index (χ2v) is 9.26. The minimum atomic E-state index is 0.474. The van der Waals surface area contributed by atoms with Gasteiger partial charge in [0.2, 0.25) is 0 Å². The highest BCUT2D eigenvalue weighted by atomic mass is 32.1. The Labute approximate surface area is 191 Å². The number of para-hydroxylation sites is 1. The fourth-order valence-corrected chi connectivity index (χ4v) is 4.57. The van der Waals surface area contributed by atoms with Gasteiger partial charge in [-0.2, -0.15) is 0 Å². The zero-order chi connectivity index (χ0) is 21.9. The number of anilines is 1. The molecule has 0 saturated carbocycles. The van der Waals surface area contributed by atoms with Crippen LogP contribution >= 0.6 is 11.3 Å². The normalized spacial score (nSPS) is 15.5. The molecule has 1 saturated heterocycles. The Bertz CT molecular complexity index is 780. The van der Waals surface area contributed by atoms with Gasteiger partial charge >= 0.3 is 0 Å². The van der Waals surface area contributed by atoms with Gasteiger partial charge < -0.3 is 15.5 Å². The summed E-state index contributed by atoms with van der Waals surface area (Å²) < 4.78 is 0. The lowest BCUT2D eigenvalue weighted by atomic mass is 10.2. The highest BCUT2D eigenvalue weighted by Crippen LogP contribution is 2.18. The first-order valence-electron chi connectivity index (χ1n) is 11.6. The van der Waals surface area contributed by atoms with E-state index in [1.54, 1.807) is 11.3 Å². The maximum atomic E-state index is 4.71. The number of hydrogen-bond acceptors (Lipinski definition) is 5. The van der Waals surface area contributed by atoms with Gasteiger partial charge in [-0.15, -0.1) is 11.3 Å². The van der Waals surface area contributed by atoms with Crippen molar-refractivity contribution in [3.63, 3.8) is 0 Å². The molecular weight excluding hydrogens is 404 g/mol. The number of benzene rings is 1. The number of unbranched alkanes of at least 4 members (excludes halogenated alkanes) is 1. The van der Waals surface area contributed by atoms with Crippen molar-refractivity contribution in [3.8, 4) is 0 Å². The van der Waals surface area contributed by atoms with Gasteiger partial charge in [0, 0.05) is 50.3 Å². The maximum Gasteiger partial charge on any atom is 0.191 e. The summed E-state index contributed by atoms with van der Waals surface area (Å²) in [6, 6.07) is 10.8. The summed E-state index contributed by atoms with van der Waals surface area (Å²) >= 11 is 1.70. The molecule has 1 aliphatic rings. The Morgan fingerprint density at radius 2 is 1.87 bits per heavy atom. The van der Waals surface area contributed by atoms with Crippen LogP contribution in [0.2, 0.25) is 0 Å². The quantitative estimate of drug-likeness (QED) is 0.332. The highest BCUT2D eigenvalue weighted by Gasteiger charge is 2.16. The van der Waals surface area contributed by atoms with Crippen molar-refractivity contribution in [2.45, 2.75) is 46.1 Å². The molecule has 2 heterocycles. The topological polar surface area (TPSA) is 55.8 Å². The molecule has 1 fully saturated rings. The third-order valence-corrected chi connectivity index (χ3v) is 6.42. The van der Waals surface area contributed by atoms with Gasteiger partial charge in [-0.1, -0.05) is 32.0 Å². The minimum absolute atomic E-state index is 0.474. The minimum Gasteiger partial charge on any atom is -0.369 e. The number of nitrogens with zero attached hydrogens (tertiary/aromatic N) is 4. The number of guanidine groups is 1. The van der Waals surface area contributed by atoms with Crippen LogP contribution in [0.4, 0.5) is 5.69 Å². The summed E-state index contributed by atoms with van der Waals surface area (Å²) in [7, 11) is 0. The molecule has 0 aliphatic carbocycles. The molecule has 0 unspecified atom stereocenters. The van der Waals surface area contributed by atoms with E-state index in [0.29, 0.717) is 12.5 Å². The molecule has 6 nitrogen and oxygen atoms in total. The summed E-state index contributed by atoms with van der Waals surface area (Å²) in [5, 5.41) is 10.0. The number of hydrogen-bond donors (Lipinski definition) is 2. The Hall–Kier alpha value is -2.12. The van der Waals surface area contributed by atoms with Crippen LogP contribution in [0, 0.1) is 0 Å². The van der Waals surface area contributed by atoms with Crippen molar-refractivity contribution in [3.05, 3.63) is 46.4 Å². The second kappa shape index (κ2) is 12.7. The Morgan fingerprint density at radius 3 is 2.55 bits per heavy atom. The molecule has 3 rings (SSSR count). The molecule has 0 amide bonds. The third kappa shape index (κ3) is 7.82. The summed E-state index contributed by atoms with van der Waals surface area (Å²) in [5.74, 6) is 1.36. The molecular formula is C24H38N6S. The lowest BCUT2D eigenvalue weighted by Crippen LogP contribution is -2.46. The number of nitrogens with one attached hydrogen (secondary N) is 2. The predicted molar refractivity (Wildman–Crippen MR) is 133 cm³/mol. The van der Waals surface area contributed by atoms with E-state index in [4.69, 9.17) is 4.99 Å². The Balaban J connectivity index is 1.32. The molecule has 2 N–H and O–H groups in total. The zero-order valence-electron chi connectivity index (χ0n) is 19.3. The van der Waals surface area contributed by atoms with Crippen molar-refractivity contribution >= 4 is 23.0 Å². The largest absolute Gasteiger partial charge is 0.369 e. The summed E-state index contributed by atoms with van der Waals surface area (Å²) in [5.41, 5.74) is 2.51. The third-order valence-electron chi connectivity index (χ3n) is 5.56. The highest BCUT2D eigenvalue weighted by molar-refractivity contribution is 7.09. The standard InChI is InChI=1S/C24H38N6S/c1-4-25-24(27-18-23-28-22(19-31-23)20(2)3)26-12-8-9-13-29-14-16-30(17-15-29)21-10-6-5-7-11-21/h5-7,10-11,19-20H,4,8-9,12-18H2,1-3H3,(H2,25,26,27). The molecule has 170 valence electrons. The predicted octanol–water partition coefficient (Wildman–Crippen LogP) is 3.92. The van der Waals surface area contributed by atoms with Crippen molar-refractivity contribution < 1.29 is 0 Å². The number of thiazole rings is 1. The summed E-state index contributed by atoms with van der Waals surface area (Å²) in [4.78, 5) is 14.5. The molecule has 2 aromatic rings. The van der Waals surface area contributed by atoms with Gasteiger partial charge in [-0.05, 0) is 44.4 Å². The second-order valence-electron chi connectivity index (χ2n) is 8.31. The summed E-state index contributed by atoms with van der Waals surface area (Å²) in [6.45, 7) is 14.6. The van der Waals surface area contributed by atoms with Crippen molar-refractivity contribution in [1.82, 2.24) is 20.5 Å². The van der Waals surface area contributed by atoms with Crippen LogP contribution in [0.1, 0.15) is 50.2 Å². The molecule has 31 heavy (non-hydrogen) atoms. The summed E-state index contributed by atoms with van der Waals surface area (Å²) in [6.07, 6.45) is 2.36. The van der Waals surface area contributed by atoms with E-state index < -0.39 is 0 Å². The molecule has 0 atom stereocenters. The molecule has 1 aromatic heterocycles. The SMILES string of the molecule is CCNC(=NCc1nc(C(C)C)cs1)NCCCCN1CCN(c2ccccc2)CC1. The van der Waals surface area contributed by atoms with Gasteiger partial charge in [0.15, 0.2) is 5.96 Å². The van der Waals surface area contributed by atoms with E-state index in [9.17, 15) is 0 Å². The maximum absolute atomic E-state index is 4.71. The first-order valence-corrected chi connectivity index (χ1v) is 12.5. The molecule has 0 radical (unpaired) electrons. The van der Waals surface area contributed by atoms with Gasteiger partial charge in [0.05, 0.1) is 12.2 Å². The average molecular weight is 443 g/mol. The number of aliphatic imine (C=N–C) groups is 1. The van der Waals surface area contributed by atoms with Gasteiger partial charge in [0.25, 0.3) is 0 Å². The molecule has 1 aliphatic heterocycles. The lowest BCUT2D eigenvalue weighted by molar-refractivity contribution is 0.253. The van der Waals surface area contributed by atoms with E-state index in [1.807, 2.05) is 0 Å². The first kappa shape index (κ1) is 23.5. The van der Waals surface area contributed by atoms with Crippen LogP contribution in [0.5, 0.6) is 0 Å². The van der Waals surface area contributed by atoms with Crippen molar-refractivity contribution in [2.24, 2.45) is 4.99 Å². The van der Waals surface area contributed by atoms with Crippen molar-refractivity contribution in [1.29, 1.82) is 0 Å². The number of aromatic nitrogens is 1. The average Bonchev–Trinajstić information content (AvgIpc) is 3.28. The fourth-order valence-electron chi connectivity index (χ4n) is 3.69. The van der Waals surface area contributed by atoms with E-state index in [-0.39, 0.29) is 0 Å². The van der Waals surface area contributed by atoms with E-state index in [0.717, 1.165) is 62.4 Å². The lowest BCUT2D eigenvalue weighted by Gasteiger charge is -2.36. The number of rotatable bonds is 10. The van der Waals surface area contributed by atoms with Crippen LogP contribution in [-0.2, 0) is 6.54 Å². The van der Waals surface area contributed by atoms with E-state index in [2.05, 4.69) is 81.9 Å². The van der Waals surface area contributed by atoms with Crippen LogP contribution in [0.15, 0.2) is 40.7 Å². The van der Waals surface area contributed by atoms with E-state index >= 15 is 0 Å². The van der Waals surface area contributed by atoms with Gasteiger partial charge in [0.1, 0.15) is 5.01 Å². The van der Waals surface area contributed by atoms with Gasteiger partial charge in [-0.25, -0.2) is 9.98 Å². The molecule has 1 aromatic carbocycles. The van der Waals surface area contributed by atoms with Gasteiger partial charge in [-0.3, -0.25) is 4.90 Å². The molecule has 0 spiro atoms. The smallest absolute Gasteiger partial charge is 0.191 e. The number of piperazine rings is 1. The fraction of sp³-hybridized carbons (Fsp3) is 0.583. The Kier molecular flexibility index (Phi) is 9.62. The molecule has 7 heteroatoms. The van der Waals surface area contributed by atoms with Crippen molar-refractivity contribution in [2.75, 3.05) is 50.7 Å². The van der Waals surface area contributed by atoms with Crippen LogP contribution in [-0.4, -0.2) is 61.7 Å². The monoisotopic (exact) mass is 442 g/mol. The first-order chi connectivity index (χ1) is 15.2.